The summed E-state index contributed by atoms with van der Waals surface area (Å²) >= 11 is 0. The highest BCUT2D eigenvalue weighted by atomic mass is 16.2. The molecule has 1 heterocycles. The molecule has 1 aromatic heterocycles. The number of hydrogen-bond acceptors (Lipinski definition) is 4. The van der Waals surface area contributed by atoms with Gasteiger partial charge in [0.2, 0.25) is 0 Å². The number of benzene rings is 1. The van der Waals surface area contributed by atoms with Gasteiger partial charge in [-0.1, -0.05) is 38.0 Å². The van der Waals surface area contributed by atoms with E-state index in [1.807, 2.05) is 6.07 Å². The van der Waals surface area contributed by atoms with Gasteiger partial charge < -0.3 is 20.9 Å². The SMILES string of the molecule is CCCCCNC(=O)NC1CCC(Nc2cc(N(C)C)c3ccccc3n2)CC1. The molecular formula is C23H35N5O. The van der Waals surface area contributed by atoms with Crippen molar-refractivity contribution in [3.8, 4) is 0 Å². The third kappa shape index (κ3) is 5.99. The van der Waals surface area contributed by atoms with Crippen molar-refractivity contribution in [2.24, 2.45) is 0 Å². The van der Waals surface area contributed by atoms with E-state index in [-0.39, 0.29) is 12.1 Å². The van der Waals surface area contributed by atoms with Crippen molar-refractivity contribution in [3.63, 3.8) is 0 Å². The second-order valence-corrected chi connectivity index (χ2v) is 8.24. The van der Waals surface area contributed by atoms with Crippen LogP contribution in [0.15, 0.2) is 30.3 Å². The molecule has 0 radical (unpaired) electrons. The molecule has 0 atom stereocenters. The topological polar surface area (TPSA) is 69.3 Å². The molecule has 2 aromatic rings. The van der Waals surface area contributed by atoms with Crippen molar-refractivity contribution in [2.75, 3.05) is 30.9 Å². The average Bonchev–Trinajstić information content (AvgIpc) is 2.72. The minimum absolute atomic E-state index is 0.0238. The number of pyridine rings is 1. The molecule has 0 bridgehead atoms. The lowest BCUT2D eigenvalue weighted by Gasteiger charge is -2.30. The molecule has 2 amide bonds. The summed E-state index contributed by atoms with van der Waals surface area (Å²) in [5.41, 5.74) is 2.18. The first-order valence-electron chi connectivity index (χ1n) is 10.9. The molecular weight excluding hydrogens is 362 g/mol. The number of carbonyl (C=O) groups is 1. The molecule has 0 saturated heterocycles. The minimum atomic E-state index is -0.0238. The molecule has 0 aliphatic heterocycles. The number of nitrogens with one attached hydrogen (secondary N) is 3. The molecule has 158 valence electrons. The van der Waals surface area contributed by atoms with Gasteiger partial charge in [-0.15, -0.1) is 0 Å². The van der Waals surface area contributed by atoms with E-state index in [0.29, 0.717) is 6.04 Å². The van der Waals surface area contributed by atoms with Gasteiger partial charge in [0.1, 0.15) is 5.82 Å². The Labute approximate surface area is 174 Å². The molecule has 0 unspecified atom stereocenters. The Morgan fingerprint density at radius 2 is 1.83 bits per heavy atom. The predicted molar refractivity (Wildman–Crippen MR) is 122 cm³/mol. The zero-order chi connectivity index (χ0) is 20.6. The summed E-state index contributed by atoms with van der Waals surface area (Å²) in [7, 11) is 4.13. The van der Waals surface area contributed by atoms with Gasteiger partial charge >= 0.3 is 6.03 Å². The van der Waals surface area contributed by atoms with Crippen LogP contribution < -0.4 is 20.9 Å². The molecule has 6 heteroatoms. The molecule has 1 aliphatic carbocycles. The van der Waals surface area contributed by atoms with E-state index >= 15 is 0 Å². The number of aromatic nitrogens is 1. The highest BCUT2D eigenvalue weighted by Crippen LogP contribution is 2.29. The minimum Gasteiger partial charge on any atom is -0.377 e. The van der Waals surface area contributed by atoms with Crippen molar-refractivity contribution >= 4 is 28.4 Å². The Morgan fingerprint density at radius 1 is 1.10 bits per heavy atom. The van der Waals surface area contributed by atoms with Crippen LogP contribution in [0.1, 0.15) is 51.9 Å². The van der Waals surface area contributed by atoms with Gasteiger partial charge in [0.05, 0.1) is 5.52 Å². The summed E-state index contributed by atoms with van der Waals surface area (Å²) in [6.07, 6.45) is 7.44. The molecule has 6 nitrogen and oxygen atoms in total. The maximum Gasteiger partial charge on any atom is 0.315 e. The number of carbonyl (C=O) groups excluding carboxylic acids is 1. The van der Waals surface area contributed by atoms with E-state index < -0.39 is 0 Å². The Morgan fingerprint density at radius 3 is 2.55 bits per heavy atom. The lowest BCUT2D eigenvalue weighted by atomic mass is 9.91. The number of anilines is 2. The Bertz CT molecular complexity index is 799. The monoisotopic (exact) mass is 397 g/mol. The number of amides is 2. The third-order valence-electron chi connectivity index (χ3n) is 5.66. The quantitative estimate of drug-likeness (QED) is 0.573. The fourth-order valence-corrected chi connectivity index (χ4v) is 4.01. The van der Waals surface area contributed by atoms with Gasteiger partial charge in [-0.3, -0.25) is 0 Å². The average molecular weight is 398 g/mol. The number of hydrogen-bond donors (Lipinski definition) is 3. The van der Waals surface area contributed by atoms with Crippen LogP contribution in [0.25, 0.3) is 10.9 Å². The summed E-state index contributed by atoms with van der Waals surface area (Å²) in [6, 6.07) is 11.0. The number of fused-ring (bicyclic) bond motifs is 1. The molecule has 3 N–H and O–H groups in total. The van der Waals surface area contributed by atoms with E-state index in [2.05, 4.69) is 66.1 Å². The van der Waals surface area contributed by atoms with E-state index in [1.165, 1.54) is 17.5 Å². The van der Waals surface area contributed by atoms with Gasteiger partial charge in [0.15, 0.2) is 0 Å². The van der Waals surface area contributed by atoms with Crippen molar-refractivity contribution in [1.82, 2.24) is 15.6 Å². The van der Waals surface area contributed by atoms with Crippen LogP contribution in [-0.2, 0) is 0 Å². The van der Waals surface area contributed by atoms with Crippen molar-refractivity contribution in [2.45, 2.75) is 64.0 Å². The lowest BCUT2D eigenvalue weighted by Crippen LogP contribution is -2.45. The molecule has 1 aliphatic rings. The maximum absolute atomic E-state index is 12.0. The maximum atomic E-state index is 12.0. The molecule has 29 heavy (non-hydrogen) atoms. The van der Waals surface area contributed by atoms with Gasteiger partial charge in [-0.25, -0.2) is 9.78 Å². The summed E-state index contributed by atoms with van der Waals surface area (Å²) in [5, 5.41) is 10.9. The van der Waals surface area contributed by atoms with Crippen molar-refractivity contribution in [1.29, 1.82) is 0 Å². The molecule has 0 spiro atoms. The van der Waals surface area contributed by atoms with Crippen molar-refractivity contribution < 1.29 is 4.79 Å². The van der Waals surface area contributed by atoms with Gasteiger partial charge in [0.25, 0.3) is 0 Å². The first-order chi connectivity index (χ1) is 14.1. The molecule has 1 saturated carbocycles. The van der Waals surface area contributed by atoms with Gasteiger partial charge in [-0.05, 0) is 38.2 Å². The largest absolute Gasteiger partial charge is 0.377 e. The second-order valence-electron chi connectivity index (χ2n) is 8.24. The number of urea groups is 1. The lowest BCUT2D eigenvalue weighted by molar-refractivity contribution is 0.231. The summed E-state index contributed by atoms with van der Waals surface area (Å²) in [5.74, 6) is 0.928. The zero-order valence-electron chi connectivity index (χ0n) is 18.0. The Hall–Kier alpha value is -2.50. The standard InChI is InChI=1S/C23H35N5O/c1-4-5-8-15-24-23(29)26-18-13-11-17(12-14-18)25-22-16-21(28(2)3)19-9-6-7-10-20(19)27-22/h6-7,9-10,16-18H,4-5,8,11-15H2,1-3H3,(H,25,27)(H2,24,26,29). The zero-order valence-corrected chi connectivity index (χ0v) is 18.0. The molecule has 1 aromatic carbocycles. The van der Waals surface area contributed by atoms with E-state index in [0.717, 1.165) is 56.4 Å². The molecule has 1 fully saturated rings. The van der Waals surface area contributed by atoms with Crippen LogP contribution in [0.4, 0.5) is 16.3 Å². The molecule has 3 rings (SSSR count). The number of rotatable bonds is 8. The van der Waals surface area contributed by atoms with Gasteiger partial charge in [0, 0.05) is 49.9 Å². The van der Waals surface area contributed by atoms with Gasteiger partial charge in [-0.2, -0.15) is 0 Å². The second kappa shape index (κ2) is 10.3. The van der Waals surface area contributed by atoms with Crippen LogP contribution in [0, 0.1) is 0 Å². The number of unbranched alkanes of at least 4 members (excludes halogenated alkanes) is 2. The van der Waals surface area contributed by atoms with Crippen LogP contribution in [-0.4, -0.2) is 43.7 Å². The van der Waals surface area contributed by atoms with E-state index in [4.69, 9.17) is 4.98 Å². The first-order valence-corrected chi connectivity index (χ1v) is 10.9. The Kier molecular flexibility index (Phi) is 7.55. The smallest absolute Gasteiger partial charge is 0.315 e. The summed E-state index contributed by atoms with van der Waals surface area (Å²) in [4.78, 5) is 19.0. The number of nitrogens with zero attached hydrogens (tertiary/aromatic N) is 2. The van der Waals surface area contributed by atoms with Crippen LogP contribution >= 0.6 is 0 Å². The summed E-state index contributed by atoms with van der Waals surface area (Å²) in [6.45, 7) is 2.93. The first kappa shape index (κ1) is 21.2. The third-order valence-corrected chi connectivity index (χ3v) is 5.66. The van der Waals surface area contributed by atoms with Crippen LogP contribution in [0.5, 0.6) is 0 Å². The fraction of sp³-hybridized carbons (Fsp3) is 0.565. The van der Waals surface area contributed by atoms with Crippen LogP contribution in [0.3, 0.4) is 0 Å². The van der Waals surface area contributed by atoms with Crippen molar-refractivity contribution in [3.05, 3.63) is 30.3 Å². The fourth-order valence-electron chi connectivity index (χ4n) is 4.01. The Balaban J connectivity index is 1.51. The van der Waals surface area contributed by atoms with E-state index in [1.54, 1.807) is 0 Å². The van der Waals surface area contributed by atoms with Crippen LogP contribution in [0.2, 0.25) is 0 Å². The summed E-state index contributed by atoms with van der Waals surface area (Å²) < 4.78 is 0. The highest BCUT2D eigenvalue weighted by molar-refractivity contribution is 5.93. The van der Waals surface area contributed by atoms with E-state index in [9.17, 15) is 4.79 Å². The normalized spacial score (nSPS) is 19.0. The predicted octanol–water partition coefficient (Wildman–Crippen LogP) is 4.51. The highest BCUT2D eigenvalue weighted by Gasteiger charge is 2.23. The number of para-hydroxylation sites is 1.